The smallest absolute Gasteiger partial charge is 0.307 e. The number of aliphatic carboxylic acids is 1. The van der Waals surface area contributed by atoms with Gasteiger partial charge in [0, 0.05) is 9.32 Å². The Balaban J connectivity index is 2.35. The lowest BCUT2D eigenvalue weighted by atomic mass is 10.2. The standard InChI is InChI=1S/C12H14INO3S/c1-8(12(16)17)6-18-7-11(15)14-10-5-3-2-4-9(10)13/h2-5,8H,6-7H2,1H3,(H,14,15)(H,16,17). The summed E-state index contributed by atoms with van der Waals surface area (Å²) in [6, 6.07) is 7.51. The number of rotatable bonds is 6. The van der Waals surface area contributed by atoms with Crippen LogP contribution in [0.1, 0.15) is 6.92 Å². The van der Waals surface area contributed by atoms with Crippen LogP contribution in [-0.2, 0) is 9.59 Å². The van der Waals surface area contributed by atoms with E-state index in [9.17, 15) is 9.59 Å². The molecule has 1 amide bonds. The number of thioether (sulfide) groups is 1. The van der Waals surface area contributed by atoms with Crippen molar-refractivity contribution in [3.63, 3.8) is 0 Å². The van der Waals surface area contributed by atoms with E-state index in [1.807, 2.05) is 24.3 Å². The molecule has 1 atom stereocenters. The van der Waals surface area contributed by atoms with Gasteiger partial charge < -0.3 is 10.4 Å². The molecule has 1 aromatic rings. The molecule has 0 saturated carbocycles. The van der Waals surface area contributed by atoms with Gasteiger partial charge in [-0.2, -0.15) is 11.8 Å². The van der Waals surface area contributed by atoms with Crippen LogP contribution in [0.4, 0.5) is 5.69 Å². The zero-order valence-electron chi connectivity index (χ0n) is 9.85. The molecule has 0 heterocycles. The number of amides is 1. The van der Waals surface area contributed by atoms with Crippen molar-refractivity contribution in [2.45, 2.75) is 6.92 Å². The fraction of sp³-hybridized carbons (Fsp3) is 0.333. The Kier molecular flexibility index (Phi) is 6.48. The molecule has 0 bridgehead atoms. The Bertz CT molecular complexity index is 439. The number of carboxylic acid groups (broad SMARTS) is 1. The maximum absolute atomic E-state index is 11.6. The average Bonchev–Trinajstić information content (AvgIpc) is 2.32. The van der Waals surface area contributed by atoms with Gasteiger partial charge in [-0.1, -0.05) is 19.1 Å². The molecule has 6 heteroatoms. The van der Waals surface area contributed by atoms with Gasteiger partial charge in [0.2, 0.25) is 5.91 Å². The van der Waals surface area contributed by atoms with Crippen LogP contribution in [0.3, 0.4) is 0 Å². The first kappa shape index (κ1) is 15.3. The molecule has 0 saturated heterocycles. The van der Waals surface area contributed by atoms with Crippen molar-refractivity contribution in [2.75, 3.05) is 16.8 Å². The van der Waals surface area contributed by atoms with Gasteiger partial charge >= 0.3 is 5.97 Å². The number of anilines is 1. The minimum Gasteiger partial charge on any atom is -0.481 e. The number of carbonyl (C=O) groups is 2. The third-order valence-corrected chi connectivity index (χ3v) is 4.31. The number of para-hydroxylation sites is 1. The van der Waals surface area contributed by atoms with Gasteiger partial charge in [0.25, 0.3) is 0 Å². The minimum atomic E-state index is -0.833. The molecule has 1 unspecified atom stereocenters. The fourth-order valence-corrected chi connectivity index (χ4v) is 2.54. The summed E-state index contributed by atoms with van der Waals surface area (Å²) < 4.78 is 0.979. The first-order chi connectivity index (χ1) is 8.50. The summed E-state index contributed by atoms with van der Waals surface area (Å²) in [7, 11) is 0. The Morgan fingerprint density at radius 1 is 1.44 bits per heavy atom. The number of carboxylic acids is 1. The summed E-state index contributed by atoms with van der Waals surface area (Å²) in [4.78, 5) is 22.2. The number of halogens is 1. The summed E-state index contributed by atoms with van der Waals surface area (Å²) in [6.07, 6.45) is 0. The van der Waals surface area contributed by atoms with Gasteiger partial charge in [0.05, 0.1) is 17.4 Å². The van der Waals surface area contributed by atoms with Gasteiger partial charge in [-0.25, -0.2) is 0 Å². The van der Waals surface area contributed by atoms with Crippen molar-refractivity contribution in [2.24, 2.45) is 5.92 Å². The zero-order chi connectivity index (χ0) is 13.5. The Morgan fingerprint density at radius 3 is 2.72 bits per heavy atom. The van der Waals surface area contributed by atoms with Gasteiger partial charge in [-0.05, 0) is 34.7 Å². The van der Waals surface area contributed by atoms with Crippen LogP contribution in [0.15, 0.2) is 24.3 Å². The molecule has 0 fully saturated rings. The van der Waals surface area contributed by atoms with Crippen molar-refractivity contribution in [1.82, 2.24) is 0 Å². The number of benzene rings is 1. The number of hydrogen-bond acceptors (Lipinski definition) is 3. The third-order valence-electron chi connectivity index (χ3n) is 2.17. The predicted molar refractivity (Wildman–Crippen MR) is 81.9 cm³/mol. The number of nitrogens with one attached hydrogen (secondary N) is 1. The van der Waals surface area contributed by atoms with Crippen LogP contribution >= 0.6 is 34.4 Å². The SMILES string of the molecule is CC(CSCC(=O)Nc1ccccc1I)C(=O)O. The Hall–Kier alpha value is -0.760. The molecule has 0 radical (unpaired) electrons. The van der Waals surface area contributed by atoms with Crippen LogP contribution in [0.5, 0.6) is 0 Å². The molecule has 18 heavy (non-hydrogen) atoms. The average molecular weight is 379 g/mol. The van der Waals surface area contributed by atoms with Crippen LogP contribution in [0, 0.1) is 9.49 Å². The van der Waals surface area contributed by atoms with Crippen molar-refractivity contribution >= 4 is 51.9 Å². The lowest BCUT2D eigenvalue weighted by Crippen LogP contribution is -2.17. The molecular weight excluding hydrogens is 365 g/mol. The van der Waals surface area contributed by atoms with Crippen molar-refractivity contribution in [1.29, 1.82) is 0 Å². The summed E-state index contributed by atoms with van der Waals surface area (Å²) in [5.74, 6) is -0.668. The molecule has 0 aliphatic carbocycles. The molecule has 0 spiro atoms. The number of carbonyl (C=O) groups excluding carboxylic acids is 1. The molecular formula is C12H14INO3S. The second kappa shape index (κ2) is 7.63. The van der Waals surface area contributed by atoms with E-state index in [0.29, 0.717) is 5.75 Å². The van der Waals surface area contributed by atoms with Gasteiger partial charge in [0.1, 0.15) is 0 Å². The molecule has 0 aliphatic heterocycles. The highest BCUT2D eigenvalue weighted by Crippen LogP contribution is 2.17. The van der Waals surface area contributed by atoms with E-state index in [4.69, 9.17) is 5.11 Å². The highest BCUT2D eigenvalue weighted by Gasteiger charge is 2.12. The lowest BCUT2D eigenvalue weighted by molar-refractivity contribution is -0.140. The van der Waals surface area contributed by atoms with E-state index >= 15 is 0 Å². The Morgan fingerprint density at radius 2 is 2.11 bits per heavy atom. The molecule has 1 aromatic carbocycles. The first-order valence-corrected chi connectivity index (χ1v) is 7.59. The van der Waals surface area contributed by atoms with E-state index in [1.54, 1.807) is 6.92 Å². The van der Waals surface area contributed by atoms with Crippen LogP contribution in [0.25, 0.3) is 0 Å². The van der Waals surface area contributed by atoms with E-state index in [1.165, 1.54) is 11.8 Å². The van der Waals surface area contributed by atoms with Crippen LogP contribution in [-0.4, -0.2) is 28.5 Å². The van der Waals surface area contributed by atoms with Crippen molar-refractivity contribution in [3.8, 4) is 0 Å². The zero-order valence-corrected chi connectivity index (χ0v) is 12.8. The maximum Gasteiger partial charge on any atom is 0.307 e. The van der Waals surface area contributed by atoms with E-state index in [2.05, 4.69) is 27.9 Å². The molecule has 0 aliphatic rings. The second-order valence-electron chi connectivity index (χ2n) is 3.78. The highest BCUT2D eigenvalue weighted by atomic mass is 127. The predicted octanol–water partition coefficient (Wildman–Crippen LogP) is 2.68. The van der Waals surface area contributed by atoms with Crippen molar-refractivity contribution in [3.05, 3.63) is 27.8 Å². The maximum atomic E-state index is 11.6. The van der Waals surface area contributed by atoms with Crippen LogP contribution in [0.2, 0.25) is 0 Å². The summed E-state index contributed by atoms with van der Waals surface area (Å²) in [5, 5.41) is 11.5. The van der Waals surface area contributed by atoms with E-state index in [0.717, 1.165) is 9.26 Å². The normalized spacial score (nSPS) is 11.9. The monoisotopic (exact) mass is 379 g/mol. The molecule has 0 aromatic heterocycles. The summed E-state index contributed by atoms with van der Waals surface area (Å²) in [6.45, 7) is 1.63. The second-order valence-corrected chi connectivity index (χ2v) is 5.97. The third kappa shape index (κ3) is 5.26. The topological polar surface area (TPSA) is 66.4 Å². The minimum absolute atomic E-state index is 0.110. The van der Waals surface area contributed by atoms with Crippen molar-refractivity contribution < 1.29 is 14.7 Å². The summed E-state index contributed by atoms with van der Waals surface area (Å²) in [5.41, 5.74) is 0.787. The van der Waals surface area contributed by atoms with Gasteiger partial charge in [-0.3, -0.25) is 9.59 Å². The molecule has 2 N–H and O–H groups in total. The highest BCUT2D eigenvalue weighted by molar-refractivity contribution is 14.1. The molecule has 98 valence electrons. The lowest BCUT2D eigenvalue weighted by Gasteiger charge is -2.08. The van der Waals surface area contributed by atoms with Gasteiger partial charge in [0.15, 0.2) is 0 Å². The first-order valence-electron chi connectivity index (χ1n) is 5.35. The Labute approximate surface area is 124 Å². The van der Waals surface area contributed by atoms with Crippen LogP contribution < -0.4 is 5.32 Å². The van der Waals surface area contributed by atoms with E-state index < -0.39 is 11.9 Å². The fourth-order valence-electron chi connectivity index (χ4n) is 1.15. The quantitative estimate of drug-likeness (QED) is 0.746. The largest absolute Gasteiger partial charge is 0.481 e. The molecule has 4 nitrogen and oxygen atoms in total. The number of hydrogen-bond donors (Lipinski definition) is 2. The van der Waals surface area contributed by atoms with Gasteiger partial charge in [-0.15, -0.1) is 0 Å². The summed E-state index contributed by atoms with van der Waals surface area (Å²) >= 11 is 3.48. The van der Waals surface area contributed by atoms with E-state index in [-0.39, 0.29) is 11.7 Å². The molecule has 1 rings (SSSR count).